The predicted octanol–water partition coefficient (Wildman–Crippen LogP) is 0.478. The molecule has 0 aromatic heterocycles. The normalized spacial score (nSPS) is 48.1. The van der Waals surface area contributed by atoms with Crippen LogP contribution >= 0.6 is 0 Å². The number of rotatable bonds is 1. The van der Waals surface area contributed by atoms with Gasteiger partial charge in [-0.2, -0.15) is 0 Å². The molecule has 0 aromatic carbocycles. The molecule has 2 N–H and O–H groups in total. The minimum Gasteiger partial charge on any atom is -0.481 e. The predicted molar refractivity (Wildman–Crippen MR) is 38.0 cm³/mol. The lowest BCUT2D eigenvalue weighted by Crippen LogP contribution is -2.26. The molecule has 0 aromatic rings. The second kappa shape index (κ2) is 2.21. The van der Waals surface area contributed by atoms with Crippen molar-refractivity contribution in [2.24, 2.45) is 17.8 Å². The third-order valence-electron chi connectivity index (χ3n) is 3.14. The molecule has 3 heteroatoms. The van der Waals surface area contributed by atoms with Crippen LogP contribution in [0.4, 0.5) is 0 Å². The Morgan fingerprint density at radius 1 is 1.18 bits per heavy atom. The third-order valence-corrected chi connectivity index (χ3v) is 3.14. The van der Waals surface area contributed by atoms with Crippen LogP contribution in [0.25, 0.3) is 0 Å². The van der Waals surface area contributed by atoms with Crippen molar-refractivity contribution in [3.05, 3.63) is 0 Å². The van der Waals surface area contributed by atoms with Gasteiger partial charge in [0.05, 0.1) is 12.0 Å². The lowest BCUT2D eigenvalue weighted by molar-refractivity contribution is -0.144. The largest absolute Gasteiger partial charge is 0.481 e. The summed E-state index contributed by atoms with van der Waals surface area (Å²) in [6.07, 6.45) is 2.12. The minimum atomic E-state index is -0.676. The zero-order valence-corrected chi connectivity index (χ0v) is 6.23. The van der Waals surface area contributed by atoms with E-state index in [9.17, 15) is 9.90 Å². The van der Waals surface area contributed by atoms with Crippen LogP contribution in [0.15, 0.2) is 0 Å². The first-order chi connectivity index (χ1) is 5.18. The lowest BCUT2D eigenvalue weighted by Gasteiger charge is -2.21. The van der Waals surface area contributed by atoms with Gasteiger partial charge in [0, 0.05) is 0 Å². The highest BCUT2D eigenvalue weighted by atomic mass is 16.4. The first kappa shape index (κ1) is 7.10. The van der Waals surface area contributed by atoms with E-state index < -0.39 is 5.97 Å². The molecular formula is C8H12O3. The monoisotopic (exact) mass is 156 g/mol. The number of aliphatic carboxylic acids is 1. The molecular weight excluding hydrogens is 144 g/mol. The highest BCUT2D eigenvalue weighted by Crippen LogP contribution is 2.48. The van der Waals surface area contributed by atoms with Crippen LogP contribution in [0.2, 0.25) is 0 Å². The number of carbonyl (C=O) groups is 1. The summed E-state index contributed by atoms with van der Waals surface area (Å²) in [5.74, 6) is -0.304. The van der Waals surface area contributed by atoms with Gasteiger partial charge >= 0.3 is 5.97 Å². The van der Waals surface area contributed by atoms with E-state index >= 15 is 0 Å². The van der Waals surface area contributed by atoms with Crippen LogP contribution in [0, 0.1) is 17.8 Å². The fourth-order valence-corrected chi connectivity index (χ4v) is 2.55. The van der Waals surface area contributed by atoms with Crippen LogP contribution in [0.1, 0.15) is 19.3 Å². The van der Waals surface area contributed by atoms with Gasteiger partial charge < -0.3 is 10.2 Å². The maximum atomic E-state index is 10.6. The number of hydrogen-bond donors (Lipinski definition) is 2. The molecule has 2 fully saturated rings. The van der Waals surface area contributed by atoms with Crippen molar-refractivity contribution in [3.63, 3.8) is 0 Å². The third kappa shape index (κ3) is 0.948. The number of hydrogen-bond acceptors (Lipinski definition) is 2. The molecule has 0 unspecified atom stereocenters. The second-order valence-electron chi connectivity index (χ2n) is 3.74. The van der Waals surface area contributed by atoms with Crippen LogP contribution in [0.3, 0.4) is 0 Å². The number of carboxylic acids is 1. The van der Waals surface area contributed by atoms with Crippen molar-refractivity contribution in [1.82, 2.24) is 0 Å². The average Bonchev–Trinajstić information content (AvgIpc) is 2.43. The van der Waals surface area contributed by atoms with Gasteiger partial charge in [-0.25, -0.2) is 0 Å². The molecule has 4 atom stereocenters. The Labute approximate surface area is 65.0 Å². The number of fused-ring (bicyclic) bond motifs is 2. The molecule has 2 rings (SSSR count). The lowest BCUT2D eigenvalue weighted by atomic mass is 9.87. The summed E-state index contributed by atoms with van der Waals surface area (Å²) in [5.41, 5.74) is 0. The van der Waals surface area contributed by atoms with E-state index in [1.54, 1.807) is 0 Å². The van der Waals surface area contributed by atoms with E-state index in [1.807, 2.05) is 0 Å². The molecule has 0 aliphatic heterocycles. The van der Waals surface area contributed by atoms with Crippen molar-refractivity contribution in [1.29, 1.82) is 0 Å². The maximum Gasteiger partial charge on any atom is 0.306 e. The van der Waals surface area contributed by atoms with Gasteiger partial charge in [-0.3, -0.25) is 4.79 Å². The minimum absolute atomic E-state index is 0.164. The van der Waals surface area contributed by atoms with Crippen molar-refractivity contribution in [2.75, 3.05) is 0 Å². The van der Waals surface area contributed by atoms with Gasteiger partial charge in [-0.15, -0.1) is 0 Å². The Balaban J connectivity index is 2.08. The quantitative estimate of drug-likeness (QED) is 0.580. The number of aliphatic hydroxyl groups excluding tert-OH is 1. The zero-order valence-electron chi connectivity index (χ0n) is 6.23. The molecule has 0 saturated heterocycles. The summed E-state index contributed by atoms with van der Waals surface area (Å²) in [6, 6.07) is 0. The molecule has 2 saturated carbocycles. The Morgan fingerprint density at radius 3 is 2.27 bits per heavy atom. The van der Waals surface area contributed by atoms with Crippen LogP contribution in [-0.2, 0) is 4.79 Å². The van der Waals surface area contributed by atoms with E-state index in [0.717, 1.165) is 6.42 Å². The zero-order chi connectivity index (χ0) is 8.01. The summed E-state index contributed by atoms with van der Waals surface area (Å²) in [5, 5.41) is 18.1. The highest BCUT2D eigenvalue weighted by Gasteiger charge is 2.47. The fourth-order valence-electron chi connectivity index (χ4n) is 2.55. The molecule has 0 spiro atoms. The summed E-state index contributed by atoms with van der Waals surface area (Å²) in [4.78, 5) is 10.6. The topological polar surface area (TPSA) is 57.5 Å². The molecule has 11 heavy (non-hydrogen) atoms. The Morgan fingerprint density at radius 2 is 1.91 bits per heavy atom. The van der Waals surface area contributed by atoms with Gasteiger partial charge in [-0.05, 0) is 31.1 Å². The van der Waals surface area contributed by atoms with Crippen LogP contribution in [0.5, 0.6) is 0 Å². The van der Waals surface area contributed by atoms with Crippen molar-refractivity contribution >= 4 is 5.97 Å². The average molecular weight is 156 g/mol. The van der Waals surface area contributed by atoms with Gasteiger partial charge in [0.15, 0.2) is 0 Å². The molecule has 62 valence electrons. The summed E-state index contributed by atoms with van der Waals surface area (Å²) in [7, 11) is 0. The molecule has 2 bridgehead atoms. The van der Waals surface area contributed by atoms with Gasteiger partial charge in [0.1, 0.15) is 0 Å². The van der Waals surface area contributed by atoms with Crippen molar-refractivity contribution in [2.45, 2.75) is 25.4 Å². The Bertz CT molecular complexity index is 188. The van der Waals surface area contributed by atoms with Crippen molar-refractivity contribution in [3.8, 4) is 0 Å². The smallest absolute Gasteiger partial charge is 0.306 e. The van der Waals surface area contributed by atoms with E-state index in [2.05, 4.69) is 0 Å². The second-order valence-corrected chi connectivity index (χ2v) is 3.74. The van der Waals surface area contributed by atoms with Crippen molar-refractivity contribution < 1.29 is 15.0 Å². The SMILES string of the molecule is O=C(O)[C@@H]1C[C@@H]2C[C@H]1C[C@@H]2O. The Hall–Kier alpha value is -0.570. The van der Waals surface area contributed by atoms with Crippen LogP contribution < -0.4 is 0 Å². The number of aliphatic hydroxyl groups is 1. The van der Waals surface area contributed by atoms with E-state index in [1.165, 1.54) is 0 Å². The fraction of sp³-hybridized carbons (Fsp3) is 0.875. The van der Waals surface area contributed by atoms with Crippen LogP contribution in [-0.4, -0.2) is 22.3 Å². The Kier molecular flexibility index (Phi) is 1.42. The van der Waals surface area contributed by atoms with E-state index in [-0.39, 0.29) is 23.9 Å². The van der Waals surface area contributed by atoms with E-state index in [4.69, 9.17) is 5.11 Å². The molecule has 0 heterocycles. The standard InChI is InChI=1S/C8H12O3/c9-7-3-4-1-5(7)2-6(4)8(10)11/h4-7,9H,1-3H2,(H,10,11)/t4-,5-,6+,7-/m0/s1. The number of carboxylic acid groups (broad SMARTS) is 1. The van der Waals surface area contributed by atoms with Gasteiger partial charge in [-0.1, -0.05) is 0 Å². The molecule has 3 nitrogen and oxygen atoms in total. The van der Waals surface area contributed by atoms with E-state index in [0.29, 0.717) is 12.8 Å². The highest BCUT2D eigenvalue weighted by molar-refractivity contribution is 5.71. The molecule has 0 radical (unpaired) electrons. The molecule has 2 aliphatic rings. The maximum absolute atomic E-state index is 10.6. The first-order valence-corrected chi connectivity index (χ1v) is 4.09. The van der Waals surface area contributed by atoms with Gasteiger partial charge in [0.2, 0.25) is 0 Å². The summed E-state index contributed by atoms with van der Waals surface area (Å²) >= 11 is 0. The molecule has 2 aliphatic carbocycles. The summed E-state index contributed by atoms with van der Waals surface area (Å²) in [6.45, 7) is 0. The summed E-state index contributed by atoms with van der Waals surface area (Å²) < 4.78 is 0. The first-order valence-electron chi connectivity index (χ1n) is 4.09. The molecule has 0 amide bonds. The van der Waals surface area contributed by atoms with Gasteiger partial charge in [0.25, 0.3) is 0 Å².